The van der Waals surface area contributed by atoms with E-state index in [4.69, 9.17) is 6.57 Å². The van der Waals surface area contributed by atoms with Crippen molar-refractivity contribution in [2.75, 3.05) is 18.1 Å². The fourth-order valence-corrected chi connectivity index (χ4v) is 4.05. The highest BCUT2D eigenvalue weighted by Crippen LogP contribution is 2.22. The van der Waals surface area contributed by atoms with E-state index in [1.165, 1.54) is 43.6 Å². The molecular formula is C19H20N4O5S. The highest BCUT2D eigenvalue weighted by Gasteiger charge is 2.37. The van der Waals surface area contributed by atoms with Crippen molar-refractivity contribution in [3.8, 4) is 0 Å². The molecule has 1 heterocycles. The highest BCUT2D eigenvalue weighted by atomic mass is 32.2. The maximum Gasteiger partial charge on any atom is 0.258 e. The van der Waals surface area contributed by atoms with E-state index in [-0.39, 0.29) is 22.2 Å². The number of aliphatic hydroxyl groups is 1. The first kappa shape index (κ1) is 22.0. The Labute approximate surface area is 168 Å². The van der Waals surface area contributed by atoms with Crippen molar-refractivity contribution in [1.82, 2.24) is 10.3 Å². The molecule has 0 spiro atoms. The van der Waals surface area contributed by atoms with E-state index >= 15 is 0 Å². The van der Waals surface area contributed by atoms with Gasteiger partial charge in [-0.3, -0.25) is 14.6 Å². The number of carbonyl (C=O) groups excluding carboxylic acids is 2. The Morgan fingerprint density at radius 1 is 1.28 bits per heavy atom. The van der Waals surface area contributed by atoms with Gasteiger partial charge in [-0.05, 0) is 49.7 Å². The zero-order valence-corrected chi connectivity index (χ0v) is 16.9. The number of hydrogen-bond donors (Lipinski definition) is 3. The summed E-state index contributed by atoms with van der Waals surface area (Å²) in [5.41, 5.74) is -1.07. The minimum Gasteiger partial charge on any atom is -0.379 e. The van der Waals surface area contributed by atoms with Crippen molar-refractivity contribution in [3.05, 3.63) is 59.1 Å². The van der Waals surface area contributed by atoms with Crippen LogP contribution in [-0.4, -0.2) is 48.7 Å². The molecule has 0 aliphatic carbocycles. The fourth-order valence-electron chi connectivity index (χ4n) is 2.46. The molecule has 1 atom stereocenters. The van der Waals surface area contributed by atoms with E-state index in [1.54, 1.807) is 6.92 Å². The number of nitrogens with one attached hydrogen (secondary N) is 2. The lowest BCUT2D eigenvalue weighted by Crippen LogP contribution is -2.46. The van der Waals surface area contributed by atoms with E-state index in [1.807, 2.05) is 0 Å². The lowest BCUT2D eigenvalue weighted by Gasteiger charge is -2.22. The Kier molecular flexibility index (Phi) is 6.36. The molecule has 0 aliphatic heterocycles. The van der Waals surface area contributed by atoms with Crippen LogP contribution in [0.2, 0.25) is 0 Å². The van der Waals surface area contributed by atoms with Crippen molar-refractivity contribution < 1.29 is 23.1 Å². The number of anilines is 1. The van der Waals surface area contributed by atoms with Crippen molar-refractivity contribution in [3.63, 3.8) is 0 Å². The van der Waals surface area contributed by atoms with E-state index in [0.29, 0.717) is 11.3 Å². The van der Waals surface area contributed by atoms with Crippen LogP contribution in [0.1, 0.15) is 22.8 Å². The molecule has 9 nitrogen and oxygen atoms in total. The molecule has 1 aromatic heterocycles. The summed E-state index contributed by atoms with van der Waals surface area (Å²) in [4.78, 5) is 31.0. The number of rotatable bonds is 6. The lowest BCUT2D eigenvalue weighted by molar-refractivity contribution is -0.130. The molecule has 0 saturated carbocycles. The molecule has 1 aromatic carbocycles. The summed E-state index contributed by atoms with van der Waals surface area (Å²) in [5.74, 6) is -2.10. The minimum atomic E-state index is -4.03. The summed E-state index contributed by atoms with van der Waals surface area (Å²) in [6, 6.07) is 6.61. The molecule has 2 amide bonds. The molecule has 0 saturated heterocycles. The molecule has 0 bridgehead atoms. The number of nitrogens with zero attached hydrogens (tertiary/aromatic N) is 2. The van der Waals surface area contributed by atoms with Crippen LogP contribution in [0.15, 0.2) is 41.4 Å². The summed E-state index contributed by atoms with van der Waals surface area (Å²) in [6.45, 7) is 9.74. The van der Waals surface area contributed by atoms with Crippen LogP contribution in [0.5, 0.6) is 0 Å². The van der Waals surface area contributed by atoms with Crippen LogP contribution in [-0.2, 0) is 14.6 Å². The average molecular weight is 416 g/mol. The van der Waals surface area contributed by atoms with Crippen molar-refractivity contribution in [2.45, 2.75) is 24.3 Å². The lowest BCUT2D eigenvalue weighted by atomic mass is 10.1. The number of hydrogen-bond acceptors (Lipinski definition) is 6. The third-order valence-electron chi connectivity index (χ3n) is 4.11. The number of amides is 2. The highest BCUT2D eigenvalue weighted by molar-refractivity contribution is 7.91. The summed E-state index contributed by atoms with van der Waals surface area (Å²) in [5, 5.41) is 15.2. The van der Waals surface area contributed by atoms with Gasteiger partial charge in [-0.2, -0.15) is 0 Å². The summed E-state index contributed by atoms with van der Waals surface area (Å²) >= 11 is 0. The molecule has 29 heavy (non-hydrogen) atoms. The van der Waals surface area contributed by atoms with Crippen LogP contribution >= 0.6 is 0 Å². The van der Waals surface area contributed by atoms with Crippen LogP contribution < -0.4 is 10.6 Å². The SMILES string of the molecule is [C-]#[N+]c1cnc(NC(=O)[C@@](C)(O)CS(=O)(=O)c2ccc(C(=O)NC)cc2)cc1C. The first-order valence-corrected chi connectivity index (χ1v) is 10.1. The number of pyridine rings is 1. The standard InChI is InChI=1S/C19H20N4O5S/c1-12-9-16(22-10-15(12)20-3)23-18(25)19(2,26)11-29(27,28)14-7-5-13(6-8-14)17(24)21-4/h5-10,26H,11H2,1-2,4H3,(H,21,24)(H,22,23,25)/t19-/m0/s1. The van der Waals surface area contributed by atoms with Gasteiger partial charge in [-0.15, -0.1) is 0 Å². The topological polar surface area (TPSA) is 130 Å². The van der Waals surface area contributed by atoms with Gasteiger partial charge in [0.2, 0.25) is 5.69 Å². The monoisotopic (exact) mass is 416 g/mol. The zero-order chi connectivity index (χ0) is 21.8. The number of aryl methyl sites for hydroxylation is 1. The van der Waals surface area contributed by atoms with Crippen molar-refractivity contribution >= 4 is 33.2 Å². The molecule has 2 aromatic rings. The van der Waals surface area contributed by atoms with E-state index in [9.17, 15) is 23.1 Å². The average Bonchev–Trinajstić information content (AvgIpc) is 2.66. The predicted octanol–water partition coefficient (Wildman–Crippen LogP) is 1.46. The Balaban J connectivity index is 2.17. The van der Waals surface area contributed by atoms with Gasteiger partial charge in [-0.25, -0.2) is 13.3 Å². The summed E-state index contributed by atoms with van der Waals surface area (Å²) in [7, 11) is -2.57. The van der Waals surface area contributed by atoms with Gasteiger partial charge in [0.1, 0.15) is 5.82 Å². The first-order chi connectivity index (χ1) is 13.5. The Bertz CT molecular complexity index is 1090. The zero-order valence-electron chi connectivity index (χ0n) is 16.1. The molecule has 3 N–H and O–H groups in total. The van der Waals surface area contributed by atoms with E-state index in [0.717, 1.165) is 6.92 Å². The van der Waals surface area contributed by atoms with Gasteiger partial charge >= 0.3 is 0 Å². The van der Waals surface area contributed by atoms with Gasteiger partial charge in [0.05, 0.1) is 17.2 Å². The van der Waals surface area contributed by atoms with Crippen LogP contribution in [0, 0.1) is 13.5 Å². The largest absolute Gasteiger partial charge is 0.379 e. The second-order valence-corrected chi connectivity index (χ2v) is 8.55. The van der Waals surface area contributed by atoms with E-state index < -0.39 is 27.1 Å². The number of carbonyl (C=O) groups is 2. The molecule has 0 radical (unpaired) electrons. The Morgan fingerprint density at radius 3 is 2.41 bits per heavy atom. The number of sulfone groups is 1. The fraction of sp³-hybridized carbons (Fsp3) is 0.263. The normalized spacial score (nSPS) is 13.1. The van der Waals surface area contributed by atoms with Gasteiger partial charge in [0.25, 0.3) is 11.8 Å². The molecule has 0 unspecified atom stereocenters. The molecular weight excluding hydrogens is 396 g/mol. The third-order valence-corrected chi connectivity index (χ3v) is 6.04. The molecule has 0 aliphatic rings. The number of benzene rings is 1. The molecule has 0 fully saturated rings. The Hall–Kier alpha value is -3.29. The second kappa shape index (κ2) is 8.38. The minimum absolute atomic E-state index is 0.0903. The van der Waals surface area contributed by atoms with Gasteiger partial charge in [0, 0.05) is 18.8 Å². The first-order valence-electron chi connectivity index (χ1n) is 8.43. The van der Waals surface area contributed by atoms with Gasteiger partial charge < -0.3 is 15.7 Å². The van der Waals surface area contributed by atoms with Gasteiger partial charge in [0.15, 0.2) is 15.4 Å². The maximum absolute atomic E-state index is 12.6. The smallest absolute Gasteiger partial charge is 0.258 e. The number of aromatic nitrogens is 1. The molecule has 10 heteroatoms. The predicted molar refractivity (Wildman–Crippen MR) is 106 cm³/mol. The van der Waals surface area contributed by atoms with Crippen LogP contribution in [0.4, 0.5) is 11.5 Å². The second-order valence-electron chi connectivity index (χ2n) is 6.56. The summed E-state index contributed by atoms with van der Waals surface area (Å²) < 4.78 is 25.2. The maximum atomic E-state index is 12.6. The van der Waals surface area contributed by atoms with Crippen LogP contribution in [0.25, 0.3) is 4.85 Å². The molecule has 152 valence electrons. The Morgan fingerprint density at radius 2 is 1.90 bits per heavy atom. The van der Waals surface area contributed by atoms with Crippen LogP contribution in [0.3, 0.4) is 0 Å². The summed E-state index contributed by atoms with van der Waals surface area (Å²) in [6.07, 6.45) is 1.28. The third kappa shape index (κ3) is 5.16. The quantitative estimate of drug-likeness (QED) is 0.612. The van der Waals surface area contributed by atoms with Gasteiger partial charge in [-0.1, -0.05) is 0 Å². The van der Waals surface area contributed by atoms with Crippen molar-refractivity contribution in [1.29, 1.82) is 0 Å². The molecule has 2 rings (SSSR count). The van der Waals surface area contributed by atoms with E-state index in [2.05, 4.69) is 20.5 Å². The van der Waals surface area contributed by atoms with Crippen molar-refractivity contribution in [2.24, 2.45) is 0 Å².